The zero-order valence-electron chi connectivity index (χ0n) is 11.8. The number of rotatable bonds is 7. The summed E-state index contributed by atoms with van der Waals surface area (Å²) in [5, 5.41) is 11.7. The average molecular weight is 281 g/mol. The largest absolute Gasteiger partial charge is 0.481 e. The first-order valence-electron chi connectivity index (χ1n) is 6.68. The molecule has 0 aromatic heterocycles. The number of halogens is 1. The Hall–Kier alpha value is -1.91. The van der Waals surface area contributed by atoms with E-state index in [-0.39, 0.29) is 18.7 Å². The molecule has 0 aliphatic rings. The van der Waals surface area contributed by atoms with Crippen molar-refractivity contribution in [1.82, 2.24) is 5.32 Å². The Labute approximate surface area is 118 Å². The minimum atomic E-state index is -0.945. The van der Waals surface area contributed by atoms with Gasteiger partial charge in [0, 0.05) is 5.54 Å². The third-order valence-corrected chi connectivity index (χ3v) is 3.50. The van der Waals surface area contributed by atoms with Gasteiger partial charge in [0.15, 0.2) is 0 Å². The first kappa shape index (κ1) is 16.1. The Kier molecular flexibility index (Phi) is 5.67. The highest BCUT2D eigenvalue weighted by Gasteiger charge is 2.30. The molecule has 2 N–H and O–H groups in total. The van der Waals surface area contributed by atoms with Crippen molar-refractivity contribution in [3.8, 4) is 0 Å². The zero-order chi connectivity index (χ0) is 15.2. The van der Waals surface area contributed by atoms with Crippen molar-refractivity contribution in [3.63, 3.8) is 0 Å². The summed E-state index contributed by atoms with van der Waals surface area (Å²) < 4.78 is 13.1. The van der Waals surface area contributed by atoms with E-state index < -0.39 is 17.3 Å². The maximum absolute atomic E-state index is 13.1. The number of hydrogen-bond acceptors (Lipinski definition) is 2. The predicted molar refractivity (Wildman–Crippen MR) is 73.8 cm³/mol. The second-order valence-corrected chi connectivity index (χ2v) is 4.91. The number of carboxylic acids is 1. The number of nitrogens with one attached hydrogen (secondary N) is 1. The van der Waals surface area contributed by atoms with Crippen LogP contribution in [0.2, 0.25) is 0 Å². The lowest BCUT2D eigenvalue weighted by atomic mass is 9.88. The molecule has 0 atom stereocenters. The van der Waals surface area contributed by atoms with E-state index in [0.717, 1.165) is 0 Å². The van der Waals surface area contributed by atoms with Crippen molar-refractivity contribution >= 4 is 11.9 Å². The highest BCUT2D eigenvalue weighted by Crippen LogP contribution is 2.20. The molecule has 1 amide bonds. The van der Waals surface area contributed by atoms with Crippen molar-refractivity contribution in [1.29, 1.82) is 0 Å². The molecule has 0 radical (unpaired) electrons. The van der Waals surface area contributed by atoms with Gasteiger partial charge in [-0.2, -0.15) is 0 Å². The van der Waals surface area contributed by atoms with Crippen molar-refractivity contribution in [3.05, 3.63) is 35.6 Å². The van der Waals surface area contributed by atoms with Crippen LogP contribution in [0, 0.1) is 5.82 Å². The lowest BCUT2D eigenvalue weighted by molar-refractivity contribution is -0.139. The Balaban J connectivity index is 2.74. The van der Waals surface area contributed by atoms with Crippen LogP contribution >= 0.6 is 0 Å². The molecular formula is C15H20FNO3. The van der Waals surface area contributed by atoms with E-state index >= 15 is 0 Å². The van der Waals surface area contributed by atoms with Gasteiger partial charge < -0.3 is 10.4 Å². The van der Waals surface area contributed by atoms with E-state index in [1.54, 1.807) is 12.1 Å². The quantitative estimate of drug-likeness (QED) is 0.807. The molecule has 0 fully saturated rings. The molecule has 0 unspecified atom stereocenters. The first-order chi connectivity index (χ1) is 9.40. The highest BCUT2D eigenvalue weighted by molar-refractivity contribution is 5.80. The van der Waals surface area contributed by atoms with E-state index in [2.05, 4.69) is 5.32 Å². The van der Waals surface area contributed by atoms with E-state index in [1.807, 2.05) is 13.8 Å². The first-order valence-corrected chi connectivity index (χ1v) is 6.68. The molecule has 0 aliphatic carbocycles. The van der Waals surface area contributed by atoms with Crippen LogP contribution in [0.1, 0.15) is 38.7 Å². The summed E-state index contributed by atoms with van der Waals surface area (Å²) >= 11 is 0. The maximum atomic E-state index is 13.1. The Morgan fingerprint density at radius 2 is 1.95 bits per heavy atom. The summed E-state index contributed by atoms with van der Waals surface area (Å²) in [6, 6.07) is 5.83. The van der Waals surface area contributed by atoms with Gasteiger partial charge in [0.25, 0.3) is 0 Å². The predicted octanol–water partition coefficient (Wildman–Crippen LogP) is 2.52. The van der Waals surface area contributed by atoms with Gasteiger partial charge in [0.05, 0.1) is 12.8 Å². The van der Waals surface area contributed by atoms with Crippen molar-refractivity contribution in [2.75, 3.05) is 0 Å². The smallest absolute Gasteiger partial charge is 0.305 e. The molecule has 1 aromatic carbocycles. The molecule has 0 aliphatic heterocycles. The molecule has 0 spiro atoms. The number of carbonyl (C=O) groups is 2. The van der Waals surface area contributed by atoms with Gasteiger partial charge in [-0.15, -0.1) is 0 Å². The van der Waals surface area contributed by atoms with Gasteiger partial charge >= 0.3 is 5.97 Å². The standard InChI is InChI=1S/C15H20FNO3/c1-3-15(4-2,10-14(19)20)17-13(18)9-11-6-5-7-12(16)8-11/h5-8H,3-4,9-10H2,1-2H3,(H,17,18)(H,19,20). The number of carbonyl (C=O) groups excluding carboxylic acids is 1. The highest BCUT2D eigenvalue weighted by atomic mass is 19.1. The van der Waals surface area contributed by atoms with Gasteiger partial charge in [0.2, 0.25) is 5.91 Å². The monoisotopic (exact) mass is 281 g/mol. The van der Waals surface area contributed by atoms with Gasteiger partial charge in [-0.1, -0.05) is 26.0 Å². The average Bonchev–Trinajstić information content (AvgIpc) is 2.37. The summed E-state index contributed by atoms with van der Waals surface area (Å²) in [4.78, 5) is 22.9. The molecule has 0 saturated heterocycles. The topological polar surface area (TPSA) is 66.4 Å². The van der Waals surface area contributed by atoms with Crippen molar-refractivity contribution in [2.45, 2.75) is 45.1 Å². The Bertz CT molecular complexity index is 484. The minimum Gasteiger partial charge on any atom is -0.481 e. The van der Waals surface area contributed by atoms with E-state index in [1.165, 1.54) is 12.1 Å². The fourth-order valence-corrected chi connectivity index (χ4v) is 2.18. The van der Waals surface area contributed by atoms with E-state index in [4.69, 9.17) is 5.11 Å². The summed E-state index contributed by atoms with van der Waals surface area (Å²) in [7, 11) is 0. The summed E-state index contributed by atoms with van der Waals surface area (Å²) in [5.74, 6) is -1.63. The van der Waals surface area contributed by atoms with E-state index in [9.17, 15) is 14.0 Å². The van der Waals surface area contributed by atoms with Gasteiger partial charge in [-0.3, -0.25) is 9.59 Å². The van der Waals surface area contributed by atoms with Crippen LogP contribution in [0.4, 0.5) is 4.39 Å². The lowest BCUT2D eigenvalue weighted by Crippen LogP contribution is -2.49. The second-order valence-electron chi connectivity index (χ2n) is 4.91. The molecule has 1 rings (SSSR count). The maximum Gasteiger partial charge on any atom is 0.305 e. The second kappa shape index (κ2) is 7.03. The van der Waals surface area contributed by atoms with Crippen LogP contribution in [0.25, 0.3) is 0 Å². The SMILES string of the molecule is CCC(CC)(CC(=O)O)NC(=O)Cc1cccc(F)c1. The van der Waals surface area contributed by atoms with E-state index in [0.29, 0.717) is 18.4 Å². The van der Waals surface area contributed by atoms with Crippen LogP contribution in [-0.4, -0.2) is 22.5 Å². The lowest BCUT2D eigenvalue weighted by Gasteiger charge is -2.31. The molecule has 0 heterocycles. The van der Waals surface area contributed by atoms with Crippen molar-refractivity contribution in [2.24, 2.45) is 0 Å². The number of aliphatic carboxylic acids is 1. The number of amides is 1. The van der Waals surface area contributed by atoms with Crippen LogP contribution in [0.15, 0.2) is 24.3 Å². The van der Waals surface area contributed by atoms with Crippen molar-refractivity contribution < 1.29 is 19.1 Å². The Morgan fingerprint density at radius 1 is 1.30 bits per heavy atom. The summed E-state index contributed by atoms with van der Waals surface area (Å²) in [5.41, 5.74) is -0.171. The molecule has 0 bridgehead atoms. The fraction of sp³-hybridized carbons (Fsp3) is 0.467. The van der Waals surface area contributed by atoms with Crippen LogP contribution in [-0.2, 0) is 16.0 Å². The summed E-state index contributed by atoms with van der Waals surface area (Å²) in [6.45, 7) is 3.68. The van der Waals surface area contributed by atoms with Crippen LogP contribution < -0.4 is 5.32 Å². The molecule has 20 heavy (non-hydrogen) atoms. The van der Waals surface area contributed by atoms with Gasteiger partial charge in [-0.25, -0.2) is 4.39 Å². The summed E-state index contributed by atoms with van der Waals surface area (Å²) in [6.07, 6.45) is 0.989. The number of benzene rings is 1. The third kappa shape index (κ3) is 4.64. The minimum absolute atomic E-state index is 0.0408. The number of carboxylic acid groups (broad SMARTS) is 1. The molecular weight excluding hydrogens is 261 g/mol. The third-order valence-electron chi connectivity index (χ3n) is 3.50. The van der Waals surface area contributed by atoms with Crippen LogP contribution in [0.3, 0.4) is 0 Å². The Morgan fingerprint density at radius 3 is 2.45 bits per heavy atom. The molecule has 1 aromatic rings. The molecule has 0 saturated carbocycles. The van der Waals surface area contributed by atoms with Crippen LogP contribution in [0.5, 0.6) is 0 Å². The van der Waals surface area contributed by atoms with Gasteiger partial charge in [0.1, 0.15) is 5.82 Å². The number of hydrogen-bond donors (Lipinski definition) is 2. The normalized spacial score (nSPS) is 11.2. The molecule has 5 heteroatoms. The molecule has 110 valence electrons. The fourth-order valence-electron chi connectivity index (χ4n) is 2.18. The van der Waals surface area contributed by atoms with Gasteiger partial charge in [-0.05, 0) is 30.5 Å². The molecule has 4 nitrogen and oxygen atoms in total. The zero-order valence-corrected chi connectivity index (χ0v) is 11.8.